The van der Waals surface area contributed by atoms with Crippen LogP contribution in [0.25, 0.3) is 32.9 Å². The Kier molecular flexibility index (Phi) is 3.73. The van der Waals surface area contributed by atoms with Crippen LogP contribution in [0.5, 0.6) is 11.5 Å². The highest BCUT2D eigenvalue weighted by Gasteiger charge is 2.13. The van der Waals surface area contributed by atoms with E-state index < -0.39 is 0 Å². The van der Waals surface area contributed by atoms with E-state index in [9.17, 15) is 0 Å². The van der Waals surface area contributed by atoms with Crippen LogP contribution >= 0.6 is 0 Å². The first-order chi connectivity index (χ1) is 12.6. The number of nitrogens with two attached hydrogens (primary N) is 2. The maximum absolute atomic E-state index is 6.21. The lowest BCUT2D eigenvalue weighted by atomic mass is 10.0. The molecule has 0 aliphatic heterocycles. The van der Waals surface area contributed by atoms with E-state index in [1.165, 1.54) is 0 Å². The molecule has 4 N–H and O–H groups in total. The molecule has 0 spiro atoms. The second kappa shape index (κ2) is 6.07. The van der Waals surface area contributed by atoms with Gasteiger partial charge in [-0.15, -0.1) is 0 Å². The van der Waals surface area contributed by atoms with Crippen molar-refractivity contribution in [3.05, 3.63) is 48.7 Å². The van der Waals surface area contributed by atoms with Gasteiger partial charge in [0.25, 0.3) is 0 Å². The van der Waals surface area contributed by atoms with Gasteiger partial charge in [0.05, 0.1) is 25.4 Å². The van der Waals surface area contributed by atoms with Gasteiger partial charge in [-0.3, -0.25) is 4.98 Å². The summed E-state index contributed by atoms with van der Waals surface area (Å²) in [5.41, 5.74) is 15.2. The molecule has 0 radical (unpaired) electrons. The number of hydrogen-bond donors (Lipinski definition) is 2. The number of nitrogen functional groups attached to an aromatic ring is 2. The zero-order valence-electron chi connectivity index (χ0n) is 14.5. The molecule has 0 aliphatic rings. The number of rotatable bonds is 3. The molecule has 26 heavy (non-hydrogen) atoms. The second-order valence-electron chi connectivity index (χ2n) is 5.96. The van der Waals surface area contributed by atoms with Gasteiger partial charge in [0.2, 0.25) is 0 Å². The average molecular weight is 346 g/mol. The Bertz CT molecular complexity index is 1140. The molecule has 4 aromatic rings. The van der Waals surface area contributed by atoms with Crippen molar-refractivity contribution in [2.45, 2.75) is 0 Å². The number of nitrogens with zero attached hydrogens (tertiary/aromatic N) is 2. The number of methoxy groups -OCH3 is 2. The van der Waals surface area contributed by atoms with Gasteiger partial charge >= 0.3 is 0 Å². The third kappa shape index (κ3) is 2.52. The number of ether oxygens (including phenoxy) is 2. The molecule has 0 unspecified atom stereocenters. The molecule has 2 aromatic heterocycles. The number of pyridine rings is 2. The maximum atomic E-state index is 6.21. The largest absolute Gasteiger partial charge is 0.493 e. The minimum atomic E-state index is 0.420. The van der Waals surface area contributed by atoms with Crippen LogP contribution in [-0.4, -0.2) is 24.2 Å². The Hall–Kier alpha value is -3.54. The van der Waals surface area contributed by atoms with Crippen molar-refractivity contribution in [3.8, 4) is 22.8 Å². The summed E-state index contributed by atoms with van der Waals surface area (Å²) < 4.78 is 10.8. The monoisotopic (exact) mass is 346 g/mol. The highest BCUT2D eigenvalue weighted by molar-refractivity contribution is 6.10. The minimum Gasteiger partial charge on any atom is -0.493 e. The third-order valence-electron chi connectivity index (χ3n) is 4.40. The molecule has 2 aromatic carbocycles. The molecule has 6 nitrogen and oxygen atoms in total. The minimum absolute atomic E-state index is 0.420. The lowest BCUT2D eigenvalue weighted by Crippen LogP contribution is -1.97. The van der Waals surface area contributed by atoms with E-state index in [-0.39, 0.29) is 0 Å². The summed E-state index contributed by atoms with van der Waals surface area (Å²) in [6.45, 7) is 0. The normalized spacial score (nSPS) is 11.0. The highest BCUT2D eigenvalue weighted by Crippen LogP contribution is 2.37. The predicted molar refractivity (Wildman–Crippen MR) is 104 cm³/mol. The Labute approximate surface area is 150 Å². The summed E-state index contributed by atoms with van der Waals surface area (Å²) in [7, 11) is 3.21. The molecular formula is C20H18N4O2. The Balaban J connectivity index is 2.05. The first-order valence-corrected chi connectivity index (χ1v) is 8.07. The van der Waals surface area contributed by atoms with E-state index in [1.807, 2.05) is 42.5 Å². The quantitative estimate of drug-likeness (QED) is 0.434. The molecule has 0 fully saturated rings. The van der Waals surface area contributed by atoms with Crippen LogP contribution in [-0.2, 0) is 0 Å². The van der Waals surface area contributed by atoms with Gasteiger partial charge in [0.1, 0.15) is 5.82 Å². The molecule has 0 amide bonds. The zero-order valence-corrected chi connectivity index (χ0v) is 14.5. The van der Waals surface area contributed by atoms with Crippen molar-refractivity contribution >= 4 is 33.2 Å². The summed E-state index contributed by atoms with van der Waals surface area (Å²) in [5, 5.41) is 2.65. The van der Waals surface area contributed by atoms with Crippen molar-refractivity contribution in [2.24, 2.45) is 0 Å². The summed E-state index contributed by atoms with van der Waals surface area (Å²) in [5.74, 6) is 1.68. The summed E-state index contributed by atoms with van der Waals surface area (Å²) >= 11 is 0. The van der Waals surface area contributed by atoms with Crippen LogP contribution in [0.1, 0.15) is 0 Å². The fourth-order valence-corrected chi connectivity index (χ4v) is 3.10. The Morgan fingerprint density at radius 3 is 2.35 bits per heavy atom. The molecule has 0 saturated carbocycles. The molecular weight excluding hydrogens is 328 g/mol. The van der Waals surface area contributed by atoms with Crippen LogP contribution < -0.4 is 20.9 Å². The highest BCUT2D eigenvalue weighted by atomic mass is 16.5. The fourth-order valence-electron chi connectivity index (χ4n) is 3.10. The molecule has 4 rings (SSSR count). The van der Waals surface area contributed by atoms with E-state index in [2.05, 4.69) is 9.97 Å². The van der Waals surface area contributed by atoms with Crippen LogP contribution in [0.3, 0.4) is 0 Å². The number of hydrogen-bond acceptors (Lipinski definition) is 6. The molecule has 0 bridgehead atoms. The van der Waals surface area contributed by atoms with E-state index in [4.69, 9.17) is 20.9 Å². The van der Waals surface area contributed by atoms with Gasteiger partial charge < -0.3 is 20.9 Å². The lowest BCUT2D eigenvalue weighted by molar-refractivity contribution is 0.356. The van der Waals surface area contributed by atoms with Gasteiger partial charge in [0.15, 0.2) is 11.5 Å². The second-order valence-corrected chi connectivity index (χ2v) is 5.96. The number of anilines is 2. The molecule has 0 atom stereocenters. The molecule has 6 heteroatoms. The van der Waals surface area contributed by atoms with Crippen LogP contribution in [0, 0.1) is 0 Å². The van der Waals surface area contributed by atoms with E-state index >= 15 is 0 Å². The smallest absolute Gasteiger partial charge is 0.162 e. The van der Waals surface area contributed by atoms with Crippen molar-refractivity contribution in [3.63, 3.8) is 0 Å². The first-order valence-electron chi connectivity index (χ1n) is 8.07. The number of fused-ring (bicyclic) bond motifs is 3. The van der Waals surface area contributed by atoms with E-state index in [1.54, 1.807) is 20.4 Å². The molecule has 130 valence electrons. The average Bonchev–Trinajstić information content (AvgIpc) is 2.66. The van der Waals surface area contributed by atoms with Crippen molar-refractivity contribution < 1.29 is 9.47 Å². The zero-order chi connectivity index (χ0) is 18.3. The van der Waals surface area contributed by atoms with E-state index in [0.29, 0.717) is 23.0 Å². The standard InChI is InChI=1S/C20H18N4O2/c1-25-18-8-14-13-7-16(11-4-3-5-12(21)6-11)24-20(22)15(13)10-23-17(14)9-19(18)26-2/h3-10H,21H2,1-2H3,(H2,22,24). The van der Waals surface area contributed by atoms with Crippen LogP contribution in [0.15, 0.2) is 48.7 Å². The van der Waals surface area contributed by atoms with Gasteiger partial charge in [-0.2, -0.15) is 0 Å². The van der Waals surface area contributed by atoms with E-state index in [0.717, 1.165) is 32.9 Å². The summed E-state index contributed by atoms with van der Waals surface area (Å²) in [6, 6.07) is 13.3. The SMILES string of the molecule is COc1cc2ncc3c(N)nc(-c4cccc(N)c4)cc3c2cc1OC. The van der Waals surface area contributed by atoms with Crippen molar-refractivity contribution in [1.82, 2.24) is 9.97 Å². The van der Waals surface area contributed by atoms with Gasteiger partial charge in [0, 0.05) is 34.3 Å². The van der Waals surface area contributed by atoms with Gasteiger partial charge in [-0.25, -0.2) is 4.98 Å². The molecule has 0 saturated heterocycles. The van der Waals surface area contributed by atoms with Crippen LogP contribution in [0.2, 0.25) is 0 Å². The Morgan fingerprint density at radius 2 is 1.62 bits per heavy atom. The lowest BCUT2D eigenvalue weighted by Gasteiger charge is -2.12. The van der Waals surface area contributed by atoms with Gasteiger partial charge in [-0.1, -0.05) is 12.1 Å². The fraction of sp³-hybridized carbons (Fsp3) is 0.100. The topological polar surface area (TPSA) is 96.3 Å². The summed E-state index contributed by atoms with van der Waals surface area (Å²) in [6.07, 6.45) is 1.73. The predicted octanol–water partition coefficient (Wildman–Crippen LogP) is 3.63. The Morgan fingerprint density at radius 1 is 0.846 bits per heavy atom. The molecule has 2 heterocycles. The van der Waals surface area contributed by atoms with Crippen LogP contribution in [0.4, 0.5) is 11.5 Å². The number of benzene rings is 2. The third-order valence-corrected chi connectivity index (χ3v) is 4.40. The first kappa shape index (κ1) is 16.0. The summed E-state index contributed by atoms with van der Waals surface area (Å²) in [4.78, 5) is 9.02. The molecule has 0 aliphatic carbocycles. The maximum Gasteiger partial charge on any atom is 0.162 e. The van der Waals surface area contributed by atoms with Gasteiger partial charge in [-0.05, 0) is 29.7 Å². The van der Waals surface area contributed by atoms with Crippen molar-refractivity contribution in [2.75, 3.05) is 25.7 Å². The number of aromatic nitrogens is 2. The van der Waals surface area contributed by atoms with Crippen molar-refractivity contribution in [1.29, 1.82) is 0 Å².